The summed E-state index contributed by atoms with van der Waals surface area (Å²) in [6, 6.07) is 0. The highest BCUT2D eigenvalue weighted by Gasteiger charge is 2.10. The van der Waals surface area contributed by atoms with Crippen LogP contribution in [0.15, 0.2) is 0 Å². The van der Waals surface area contributed by atoms with Gasteiger partial charge in [0.25, 0.3) is 0 Å². The van der Waals surface area contributed by atoms with Crippen molar-refractivity contribution in [3.05, 3.63) is 5.69 Å². The molecule has 1 heterocycles. The summed E-state index contributed by atoms with van der Waals surface area (Å²) in [5.41, 5.74) is 7.22. The first-order valence-electron chi connectivity index (χ1n) is 5.66. The van der Waals surface area contributed by atoms with E-state index < -0.39 is 0 Å². The van der Waals surface area contributed by atoms with Crippen LogP contribution < -0.4 is 10.5 Å². The summed E-state index contributed by atoms with van der Waals surface area (Å²) in [6.07, 6.45) is 2.24. The molecule has 0 unspecified atom stereocenters. The molecule has 1 aromatic heterocycles. The molecule has 1 aromatic rings. The van der Waals surface area contributed by atoms with Gasteiger partial charge in [0.2, 0.25) is 5.88 Å². The van der Waals surface area contributed by atoms with Crippen molar-refractivity contribution in [1.82, 2.24) is 9.78 Å². The molecule has 1 rings (SSSR count). The number of hydrogen-bond donors (Lipinski definition) is 1. The molecule has 0 spiro atoms. The molecule has 0 amide bonds. The second-order valence-corrected chi connectivity index (χ2v) is 3.74. The van der Waals surface area contributed by atoms with Crippen LogP contribution in [0.3, 0.4) is 0 Å². The van der Waals surface area contributed by atoms with Crippen molar-refractivity contribution >= 4 is 5.69 Å². The van der Waals surface area contributed by atoms with Crippen molar-refractivity contribution in [2.24, 2.45) is 7.05 Å². The number of nitrogens with two attached hydrogens (primary N) is 1. The minimum atomic E-state index is 0.507. The van der Waals surface area contributed by atoms with Gasteiger partial charge in [0.05, 0.1) is 12.3 Å². The van der Waals surface area contributed by atoms with Gasteiger partial charge in [0, 0.05) is 13.7 Å². The predicted octanol–water partition coefficient (Wildman–Crippen LogP) is 1.51. The molecule has 0 aliphatic rings. The number of anilines is 1. The average molecular weight is 227 g/mol. The summed E-state index contributed by atoms with van der Waals surface area (Å²) in [7, 11) is 1.82. The fraction of sp³-hybridized carbons (Fsp3) is 0.727. The van der Waals surface area contributed by atoms with Gasteiger partial charge in [-0.3, -0.25) is 0 Å². The van der Waals surface area contributed by atoms with Gasteiger partial charge in [0.1, 0.15) is 12.3 Å². The zero-order chi connectivity index (χ0) is 12.0. The van der Waals surface area contributed by atoms with E-state index >= 15 is 0 Å². The predicted molar refractivity (Wildman–Crippen MR) is 63.6 cm³/mol. The maximum Gasteiger partial charge on any atom is 0.235 e. The minimum Gasteiger partial charge on any atom is -0.474 e. The quantitative estimate of drug-likeness (QED) is 0.717. The number of nitrogen functional groups attached to an aromatic ring is 1. The number of hydrogen-bond acceptors (Lipinski definition) is 4. The molecule has 0 fully saturated rings. The molecule has 0 aromatic carbocycles. The highest BCUT2D eigenvalue weighted by molar-refractivity contribution is 5.52. The van der Waals surface area contributed by atoms with Crippen LogP contribution >= 0.6 is 0 Å². The zero-order valence-corrected chi connectivity index (χ0v) is 10.3. The number of rotatable bonds is 7. The van der Waals surface area contributed by atoms with Crippen LogP contribution in [0.5, 0.6) is 5.88 Å². The van der Waals surface area contributed by atoms with Gasteiger partial charge in [-0.15, -0.1) is 0 Å². The Hall–Kier alpha value is -1.23. The summed E-state index contributed by atoms with van der Waals surface area (Å²) in [6.45, 7) is 5.88. The van der Waals surface area contributed by atoms with E-state index in [-0.39, 0.29) is 0 Å². The highest BCUT2D eigenvalue weighted by Crippen LogP contribution is 2.23. The number of aromatic nitrogens is 2. The van der Waals surface area contributed by atoms with Crippen LogP contribution in [-0.4, -0.2) is 29.6 Å². The van der Waals surface area contributed by atoms with Gasteiger partial charge in [-0.05, 0) is 13.3 Å². The molecule has 2 N–H and O–H groups in total. The normalized spacial score (nSPS) is 10.7. The van der Waals surface area contributed by atoms with Crippen LogP contribution in [0.2, 0.25) is 0 Å². The maximum atomic E-state index is 5.82. The summed E-state index contributed by atoms with van der Waals surface area (Å²) in [5, 5.41) is 4.16. The Balaban J connectivity index is 2.26. The number of unbranched alkanes of at least 4 members (excludes halogenated alkanes) is 1. The van der Waals surface area contributed by atoms with E-state index in [0.29, 0.717) is 24.8 Å². The third kappa shape index (κ3) is 3.41. The van der Waals surface area contributed by atoms with E-state index in [4.69, 9.17) is 15.2 Å². The van der Waals surface area contributed by atoms with Gasteiger partial charge in [0.15, 0.2) is 0 Å². The van der Waals surface area contributed by atoms with Gasteiger partial charge >= 0.3 is 0 Å². The summed E-state index contributed by atoms with van der Waals surface area (Å²) < 4.78 is 12.6. The van der Waals surface area contributed by atoms with Crippen molar-refractivity contribution < 1.29 is 9.47 Å². The summed E-state index contributed by atoms with van der Waals surface area (Å²) in [4.78, 5) is 0. The van der Waals surface area contributed by atoms with Crippen LogP contribution in [0.1, 0.15) is 25.5 Å². The van der Waals surface area contributed by atoms with E-state index in [9.17, 15) is 0 Å². The molecular formula is C11H21N3O2. The monoisotopic (exact) mass is 227 g/mol. The first-order chi connectivity index (χ1) is 7.66. The summed E-state index contributed by atoms with van der Waals surface area (Å²) in [5.74, 6) is 0.622. The lowest BCUT2D eigenvalue weighted by Gasteiger charge is -2.07. The van der Waals surface area contributed by atoms with Crippen molar-refractivity contribution in [1.29, 1.82) is 0 Å². The Morgan fingerprint density at radius 1 is 1.31 bits per heavy atom. The molecule has 5 nitrogen and oxygen atoms in total. The molecule has 0 bridgehead atoms. The third-order valence-corrected chi connectivity index (χ3v) is 2.32. The molecule has 0 radical (unpaired) electrons. The number of aryl methyl sites for hydroxylation is 2. The van der Waals surface area contributed by atoms with Crippen LogP contribution in [0, 0.1) is 6.92 Å². The van der Waals surface area contributed by atoms with E-state index in [1.165, 1.54) is 0 Å². The topological polar surface area (TPSA) is 62.3 Å². The van der Waals surface area contributed by atoms with Crippen molar-refractivity contribution in [2.75, 3.05) is 25.6 Å². The third-order valence-electron chi connectivity index (χ3n) is 2.32. The Labute approximate surface area is 96.5 Å². The molecule has 92 valence electrons. The molecule has 0 saturated heterocycles. The van der Waals surface area contributed by atoms with Crippen LogP contribution in [0.4, 0.5) is 5.69 Å². The van der Waals surface area contributed by atoms with Crippen LogP contribution in [0.25, 0.3) is 0 Å². The highest BCUT2D eigenvalue weighted by atomic mass is 16.5. The van der Waals surface area contributed by atoms with Gasteiger partial charge in [-0.2, -0.15) is 5.10 Å². The van der Waals surface area contributed by atoms with Crippen molar-refractivity contribution in [2.45, 2.75) is 26.7 Å². The Kier molecular flexibility index (Phi) is 5.11. The van der Waals surface area contributed by atoms with Gasteiger partial charge in [-0.25, -0.2) is 4.68 Å². The SMILES string of the molecule is CCCCOCCOc1c(N)c(C)nn1C. The standard InChI is InChI=1S/C11H21N3O2/c1-4-5-6-15-7-8-16-11-10(12)9(2)13-14(11)3/h4-8,12H2,1-3H3. The van der Waals surface area contributed by atoms with E-state index in [0.717, 1.165) is 25.1 Å². The van der Waals surface area contributed by atoms with E-state index in [2.05, 4.69) is 12.0 Å². The maximum absolute atomic E-state index is 5.82. The smallest absolute Gasteiger partial charge is 0.235 e. The summed E-state index contributed by atoms with van der Waals surface area (Å²) >= 11 is 0. The Morgan fingerprint density at radius 2 is 2.06 bits per heavy atom. The fourth-order valence-corrected chi connectivity index (χ4v) is 1.37. The lowest BCUT2D eigenvalue weighted by atomic mass is 10.4. The fourth-order valence-electron chi connectivity index (χ4n) is 1.37. The zero-order valence-electron chi connectivity index (χ0n) is 10.3. The number of ether oxygens (including phenoxy) is 2. The molecular weight excluding hydrogens is 206 g/mol. The molecule has 16 heavy (non-hydrogen) atoms. The molecule has 0 atom stereocenters. The first-order valence-corrected chi connectivity index (χ1v) is 5.66. The van der Waals surface area contributed by atoms with Crippen molar-refractivity contribution in [3.63, 3.8) is 0 Å². The lowest BCUT2D eigenvalue weighted by molar-refractivity contribution is 0.0953. The average Bonchev–Trinajstić information content (AvgIpc) is 2.49. The van der Waals surface area contributed by atoms with E-state index in [1.54, 1.807) is 4.68 Å². The number of nitrogens with zero attached hydrogens (tertiary/aromatic N) is 2. The van der Waals surface area contributed by atoms with Gasteiger partial charge < -0.3 is 15.2 Å². The van der Waals surface area contributed by atoms with E-state index in [1.807, 2.05) is 14.0 Å². The Morgan fingerprint density at radius 3 is 2.62 bits per heavy atom. The molecule has 0 saturated carbocycles. The Bertz CT molecular complexity index is 323. The lowest BCUT2D eigenvalue weighted by Crippen LogP contribution is -2.10. The molecule has 5 heteroatoms. The van der Waals surface area contributed by atoms with Gasteiger partial charge in [-0.1, -0.05) is 13.3 Å². The van der Waals surface area contributed by atoms with Crippen molar-refractivity contribution in [3.8, 4) is 5.88 Å². The molecule has 0 aliphatic carbocycles. The minimum absolute atomic E-state index is 0.507. The second-order valence-electron chi connectivity index (χ2n) is 3.74. The first kappa shape index (κ1) is 12.8. The second kappa shape index (κ2) is 6.37. The molecule has 0 aliphatic heterocycles. The largest absolute Gasteiger partial charge is 0.474 e. The van der Waals surface area contributed by atoms with Crippen LogP contribution in [-0.2, 0) is 11.8 Å².